The van der Waals surface area contributed by atoms with E-state index in [0.29, 0.717) is 38.3 Å². The van der Waals surface area contributed by atoms with Crippen molar-refractivity contribution in [3.63, 3.8) is 0 Å². The maximum Gasteiger partial charge on any atom is 0.410 e. The smallest absolute Gasteiger partial charge is 0.410 e. The molecule has 2 heterocycles. The minimum atomic E-state index is -0.229. The Morgan fingerprint density at radius 3 is 2.29 bits per heavy atom. The van der Waals surface area contributed by atoms with E-state index in [2.05, 4.69) is 24.0 Å². The maximum atomic E-state index is 12.4. The quantitative estimate of drug-likeness (QED) is 0.598. The van der Waals surface area contributed by atoms with Gasteiger partial charge in [0.25, 0.3) is 0 Å². The second-order valence-corrected chi connectivity index (χ2v) is 9.57. The zero-order valence-electron chi connectivity index (χ0n) is 20.9. The second-order valence-electron chi connectivity index (χ2n) is 9.57. The van der Waals surface area contributed by atoms with Crippen molar-refractivity contribution in [3.05, 3.63) is 65.7 Å². The molecule has 0 radical (unpaired) electrons. The van der Waals surface area contributed by atoms with E-state index in [-0.39, 0.29) is 12.0 Å². The van der Waals surface area contributed by atoms with Crippen LogP contribution in [0.1, 0.15) is 43.7 Å². The molecule has 2 aliphatic rings. The largest absolute Gasteiger partial charge is 0.492 e. The topological polar surface area (TPSA) is 62.3 Å². The van der Waals surface area contributed by atoms with E-state index in [4.69, 9.17) is 9.47 Å². The van der Waals surface area contributed by atoms with Gasteiger partial charge in [-0.15, -0.1) is 0 Å². The van der Waals surface area contributed by atoms with Gasteiger partial charge >= 0.3 is 6.09 Å². The fourth-order valence-corrected chi connectivity index (χ4v) is 4.94. The summed E-state index contributed by atoms with van der Waals surface area (Å²) in [6.07, 6.45) is 1.64. The standard InChI is InChI=1S/C28H37N3O4/c1-22-20-31(23(2)32)17-16-29(22)18-19-34-27-10-8-25(9-11-27)26-12-14-30(15-13-26)28(33)35-21-24-6-4-3-5-7-24/h3-11,22,26H,12-21H2,1-2H3/t22-/m1/s1. The number of carbonyl (C=O) groups is 2. The predicted molar refractivity (Wildman–Crippen MR) is 135 cm³/mol. The van der Waals surface area contributed by atoms with Crippen LogP contribution in [-0.2, 0) is 16.1 Å². The number of piperazine rings is 1. The molecular formula is C28H37N3O4. The van der Waals surface area contributed by atoms with Gasteiger partial charge in [-0.1, -0.05) is 42.5 Å². The molecule has 2 saturated heterocycles. The SMILES string of the molecule is CC(=O)N1CCN(CCOc2ccc(C3CCN(C(=O)OCc4ccccc4)CC3)cc2)[C@H](C)C1. The van der Waals surface area contributed by atoms with Gasteiger partial charge in [0.1, 0.15) is 19.0 Å². The van der Waals surface area contributed by atoms with Gasteiger partial charge in [-0.2, -0.15) is 0 Å². The van der Waals surface area contributed by atoms with Crippen LogP contribution < -0.4 is 4.74 Å². The monoisotopic (exact) mass is 479 g/mol. The Hall–Kier alpha value is -3.06. The third-order valence-corrected chi connectivity index (χ3v) is 7.17. The first kappa shape index (κ1) is 25.0. The normalized spacial score (nSPS) is 19.4. The number of amides is 2. The number of likely N-dealkylation sites (tertiary alicyclic amines) is 1. The summed E-state index contributed by atoms with van der Waals surface area (Å²) in [6, 6.07) is 18.5. The summed E-state index contributed by atoms with van der Waals surface area (Å²) in [4.78, 5) is 30.1. The minimum Gasteiger partial charge on any atom is -0.492 e. The molecule has 0 aromatic heterocycles. The molecule has 4 rings (SSSR count). The van der Waals surface area contributed by atoms with Crippen molar-refractivity contribution >= 4 is 12.0 Å². The summed E-state index contributed by atoms with van der Waals surface area (Å²) in [5, 5.41) is 0. The zero-order chi connectivity index (χ0) is 24.6. The van der Waals surface area contributed by atoms with Gasteiger partial charge in [0.2, 0.25) is 5.91 Å². The van der Waals surface area contributed by atoms with Crippen LogP contribution in [-0.4, -0.2) is 78.6 Å². The molecule has 2 amide bonds. The van der Waals surface area contributed by atoms with E-state index < -0.39 is 0 Å². The molecule has 2 aliphatic heterocycles. The Morgan fingerprint density at radius 1 is 0.914 bits per heavy atom. The molecule has 2 aromatic carbocycles. The fraction of sp³-hybridized carbons (Fsp3) is 0.500. The summed E-state index contributed by atoms with van der Waals surface area (Å²) < 4.78 is 11.5. The zero-order valence-corrected chi connectivity index (χ0v) is 20.9. The van der Waals surface area contributed by atoms with Crippen LogP contribution in [0.25, 0.3) is 0 Å². The second kappa shape index (κ2) is 12.1. The molecule has 0 unspecified atom stereocenters. The number of nitrogens with zero attached hydrogens (tertiary/aromatic N) is 3. The minimum absolute atomic E-state index is 0.154. The van der Waals surface area contributed by atoms with Crippen LogP contribution in [0.15, 0.2) is 54.6 Å². The van der Waals surface area contributed by atoms with Crippen LogP contribution in [0.2, 0.25) is 0 Å². The summed E-state index contributed by atoms with van der Waals surface area (Å²) in [5.74, 6) is 1.48. The lowest BCUT2D eigenvalue weighted by Gasteiger charge is -2.39. The van der Waals surface area contributed by atoms with Crippen LogP contribution >= 0.6 is 0 Å². The number of carbonyl (C=O) groups excluding carboxylic acids is 2. The molecule has 35 heavy (non-hydrogen) atoms. The first-order chi connectivity index (χ1) is 17.0. The van der Waals surface area contributed by atoms with Crippen molar-refractivity contribution in [2.75, 3.05) is 45.9 Å². The molecule has 2 fully saturated rings. The van der Waals surface area contributed by atoms with Crippen LogP contribution in [0.4, 0.5) is 4.79 Å². The first-order valence-corrected chi connectivity index (χ1v) is 12.7. The average Bonchev–Trinajstić information content (AvgIpc) is 2.89. The molecule has 0 aliphatic carbocycles. The fourth-order valence-electron chi connectivity index (χ4n) is 4.94. The van der Waals surface area contributed by atoms with Gasteiger partial charge in [0.15, 0.2) is 0 Å². The Labute approximate surface area is 208 Å². The molecule has 0 saturated carbocycles. The highest BCUT2D eigenvalue weighted by atomic mass is 16.6. The highest BCUT2D eigenvalue weighted by molar-refractivity contribution is 5.73. The van der Waals surface area contributed by atoms with Gasteiger partial charge in [-0.3, -0.25) is 9.69 Å². The van der Waals surface area contributed by atoms with Gasteiger partial charge in [0, 0.05) is 52.2 Å². The molecule has 2 aromatic rings. The third-order valence-electron chi connectivity index (χ3n) is 7.17. The van der Waals surface area contributed by atoms with E-state index in [0.717, 1.165) is 50.3 Å². The highest BCUT2D eigenvalue weighted by Gasteiger charge is 2.26. The molecule has 0 N–H and O–H groups in total. The molecule has 0 bridgehead atoms. The Kier molecular flexibility index (Phi) is 8.64. The molecule has 7 heteroatoms. The van der Waals surface area contributed by atoms with E-state index in [1.165, 1.54) is 5.56 Å². The van der Waals surface area contributed by atoms with E-state index in [1.54, 1.807) is 6.92 Å². The van der Waals surface area contributed by atoms with Crippen LogP contribution in [0.3, 0.4) is 0 Å². The number of piperidine rings is 1. The summed E-state index contributed by atoms with van der Waals surface area (Å²) in [5.41, 5.74) is 2.30. The molecule has 1 atom stereocenters. The van der Waals surface area contributed by atoms with Crippen molar-refractivity contribution in [2.45, 2.75) is 45.3 Å². The summed E-state index contributed by atoms with van der Waals surface area (Å²) in [7, 11) is 0. The maximum absolute atomic E-state index is 12.4. The molecule has 188 valence electrons. The van der Waals surface area contributed by atoms with Crippen LogP contribution in [0.5, 0.6) is 5.75 Å². The van der Waals surface area contributed by atoms with Gasteiger partial charge in [-0.05, 0) is 48.9 Å². The van der Waals surface area contributed by atoms with E-state index in [9.17, 15) is 9.59 Å². The lowest BCUT2D eigenvalue weighted by molar-refractivity contribution is -0.131. The van der Waals surface area contributed by atoms with Gasteiger partial charge in [-0.25, -0.2) is 4.79 Å². The van der Waals surface area contributed by atoms with Gasteiger partial charge in [0.05, 0.1) is 0 Å². The van der Waals surface area contributed by atoms with Crippen molar-refractivity contribution in [2.24, 2.45) is 0 Å². The number of benzene rings is 2. The lowest BCUT2D eigenvalue weighted by atomic mass is 9.89. The number of ether oxygens (including phenoxy) is 2. The Balaban J connectivity index is 1.16. The van der Waals surface area contributed by atoms with E-state index in [1.807, 2.05) is 52.3 Å². The number of hydrogen-bond acceptors (Lipinski definition) is 5. The van der Waals surface area contributed by atoms with Crippen molar-refractivity contribution in [1.82, 2.24) is 14.7 Å². The average molecular weight is 480 g/mol. The van der Waals surface area contributed by atoms with Crippen LogP contribution in [0, 0.1) is 0 Å². The molecule has 0 spiro atoms. The number of rotatable bonds is 7. The molecule has 7 nitrogen and oxygen atoms in total. The van der Waals surface area contributed by atoms with Gasteiger partial charge < -0.3 is 19.3 Å². The number of hydrogen-bond donors (Lipinski definition) is 0. The third kappa shape index (κ3) is 6.98. The first-order valence-electron chi connectivity index (χ1n) is 12.7. The van der Waals surface area contributed by atoms with Crippen molar-refractivity contribution < 1.29 is 19.1 Å². The predicted octanol–water partition coefficient (Wildman–Crippen LogP) is 4.13. The van der Waals surface area contributed by atoms with E-state index >= 15 is 0 Å². The Morgan fingerprint density at radius 2 is 1.63 bits per heavy atom. The Bertz CT molecular complexity index is 958. The highest BCUT2D eigenvalue weighted by Crippen LogP contribution is 2.29. The van der Waals surface area contributed by atoms with Crippen molar-refractivity contribution in [1.29, 1.82) is 0 Å². The summed E-state index contributed by atoms with van der Waals surface area (Å²) >= 11 is 0. The molecular weight excluding hydrogens is 442 g/mol. The summed E-state index contributed by atoms with van der Waals surface area (Å²) in [6.45, 7) is 9.50. The lowest BCUT2D eigenvalue weighted by Crippen LogP contribution is -2.53. The van der Waals surface area contributed by atoms with Crippen molar-refractivity contribution in [3.8, 4) is 5.75 Å².